The van der Waals surface area contributed by atoms with Crippen LogP contribution >= 0.6 is 0 Å². The first kappa shape index (κ1) is 12.4. The van der Waals surface area contributed by atoms with Crippen LogP contribution in [0, 0.1) is 11.8 Å². The number of hydrogen-bond donors (Lipinski definition) is 1. The number of aromatic nitrogens is 1. The Labute approximate surface area is 104 Å². The average Bonchev–Trinajstić information content (AvgIpc) is 2.34. The van der Waals surface area contributed by atoms with Gasteiger partial charge >= 0.3 is 0 Å². The van der Waals surface area contributed by atoms with Crippen LogP contribution in [0.25, 0.3) is 0 Å². The van der Waals surface area contributed by atoms with Crippen molar-refractivity contribution < 1.29 is 0 Å². The third kappa shape index (κ3) is 2.78. The third-order valence-electron chi connectivity index (χ3n) is 3.91. The Morgan fingerprint density at radius 3 is 2.94 bits per heavy atom. The molecule has 1 aliphatic heterocycles. The van der Waals surface area contributed by atoms with E-state index in [0.717, 1.165) is 37.2 Å². The molecular weight excluding hydrogens is 210 g/mol. The molecule has 2 unspecified atom stereocenters. The maximum absolute atomic E-state index is 5.66. The lowest BCUT2D eigenvalue weighted by Gasteiger charge is -2.36. The fourth-order valence-corrected chi connectivity index (χ4v) is 2.52. The molecule has 1 fully saturated rings. The zero-order valence-electron chi connectivity index (χ0n) is 10.9. The van der Waals surface area contributed by atoms with Crippen molar-refractivity contribution in [3.8, 4) is 0 Å². The average molecular weight is 233 g/mol. The maximum Gasteiger partial charge on any atom is 0.131 e. The summed E-state index contributed by atoms with van der Waals surface area (Å²) in [7, 11) is 0. The Balaban J connectivity index is 2.16. The molecule has 1 aromatic rings. The molecule has 0 spiro atoms. The molecule has 0 amide bonds. The number of pyridine rings is 1. The van der Waals surface area contributed by atoms with Crippen molar-refractivity contribution in [3.63, 3.8) is 0 Å². The first-order valence-electron chi connectivity index (χ1n) is 6.61. The number of hydrogen-bond acceptors (Lipinski definition) is 3. The van der Waals surface area contributed by atoms with E-state index >= 15 is 0 Å². The summed E-state index contributed by atoms with van der Waals surface area (Å²) in [6.07, 6.45) is 4.07. The minimum absolute atomic E-state index is 0.693. The summed E-state index contributed by atoms with van der Waals surface area (Å²) in [4.78, 5) is 6.98. The second-order valence-corrected chi connectivity index (χ2v) is 5.21. The van der Waals surface area contributed by atoms with Crippen LogP contribution in [0.5, 0.6) is 0 Å². The standard InChI is InChI=1S/C14H23N3/c1-11-6-9-17(10-12(11)2)14-13(5-7-15)4-3-8-16-14/h3-4,8,11-12H,5-7,9-10,15H2,1-2H3. The molecule has 3 heteroatoms. The van der Waals surface area contributed by atoms with Crippen LogP contribution in [-0.4, -0.2) is 24.6 Å². The highest BCUT2D eigenvalue weighted by Crippen LogP contribution is 2.27. The number of anilines is 1. The monoisotopic (exact) mass is 233 g/mol. The van der Waals surface area contributed by atoms with Gasteiger partial charge in [-0.2, -0.15) is 0 Å². The van der Waals surface area contributed by atoms with E-state index in [1.54, 1.807) is 0 Å². The van der Waals surface area contributed by atoms with Crippen molar-refractivity contribution in [2.45, 2.75) is 26.7 Å². The highest BCUT2D eigenvalue weighted by atomic mass is 15.2. The summed E-state index contributed by atoms with van der Waals surface area (Å²) in [5.74, 6) is 2.72. The highest BCUT2D eigenvalue weighted by molar-refractivity contribution is 5.47. The summed E-state index contributed by atoms with van der Waals surface area (Å²) in [6.45, 7) is 7.62. The Morgan fingerprint density at radius 1 is 1.41 bits per heavy atom. The minimum atomic E-state index is 0.693. The lowest BCUT2D eigenvalue weighted by atomic mass is 9.88. The zero-order valence-corrected chi connectivity index (χ0v) is 10.9. The Bertz CT molecular complexity index is 364. The Kier molecular flexibility index (Phi) is 4.00. The predicted molar refractivity (Wildman–Crippen MR) is 72.2 cm³/mol. The van der Waals surface area contributed by atoms with E-state index in [0.29, 0.717) is 6.54 Å². The number of rotatable bonds is 3. The van der Waals surface area contributed by atoms with E-state index in [1.165, 1.54) is 12.0 Å². The summed E-state index contributed by atoms with van der Waals surface area (Å²) in [5.41, 5.74) is 6.95. The van der Waals surface area contributed by atoms with Crippen LogP contribution in [0.15, 0.2) is 18.3 Å². The van der Waals surface area contributed by atoms with Gasteiger partial charge in [0.25, 0.3) is 0 Å². The molecule has 3 nitrogen and oxygen atoms in total. The largest absolute Gasteiger partial charge is 0.356 e. The fraction of sp³-hybridized carbons (Fsp3) is 0.643. The van der Waals surface area contributed by atoms with E-state index in [9.17, 15) is 0 Å². The zero-order chi connectivity index (χ0) is 12.3. The number of nitrogens with zero attached hydrogens (tertiary/aromatic N) is 2. The van der Waals surface area contributed by atoms with Gasteiger partial charge in [-0.15, -0.1) is 0 Å². The minimum Gasteiger partial charge on any atom is -0.356 e. The normalized spacial score (nSPS) is 25.0. The Morgan fingerprint density at radius 2 is 2.24 bits per heavy atom. The Hall–Kier alpha value is -1.09. The molecular formula is C14H23N3. The molecule has 2 atom stereocenters. The van der Waals surface area contributed by atoms with Crippen molar-refractivity contribution in [2.24, 2.45) is 17.6 Å². The molecule has 0 radical (unpaired) electrons. The van der Waals surface area contributed by atoms with Crippen LogP contribution in [0.4, 0.5) is 5.82 Å². The molecule has 17 heavy (non-hydrogen) atoms. The van der Waals surface area contributed by atoms with Gasteiger partial charge in [0.15, 0.2) is 0 Å². The first-order valence-corrected chi connectivity index (χ1v) is 6.61. The van der Waals surface area contributed by atoms with Gasteiger partial charge in [-0.1, -0.05) is 19.9 Å². The first-order chi connectivity index (χ1) is 8.22. The number of nitrogens with two attached hydrogens (primary N) is 1. The fourth-order valence-electron chi connectivity index (χ4n) is 2.52. The van der Waals surface area contributed by atoms with Crippen LogP contribution < -0.4 is 10.6 Å². The number of piperidine rings is 1. The second kappa shape index (κ2) is 5.50. The predicted octanol–water partition coefficient (Wildman–Crippen LogP) is 2.07. The van der Waals surface area contributed by atoms with Crippen LogP contribution in [0.2, 0.25) is 0 Å². The van der Waals surface area contributed by atoms with Crippen LogP contribution in [0.1, 0.15) is 25.8 Å². The van der Waals surface area contributed by atoms with Crippen molar-refractivity contribution in [3.05, 3.63) is 23.9 Å². The van der Waals surface area contributed by atoms with Gasteiger partial charge in [-0.3, -0.25) is 0 Å². The molecule has 0 saturated carbocycles. The molecule has 1 aromatic heterocycles. The topological polar surface area (TPSA) is 42.2 Å². The van der Waals surface area contributed by atoms with E-state index in [4.69, 9.17) is 5.73 Å². The van der Waals surface area contributed by atoms with Gasteiger partial charge in [0.2, 0.25) is 0 Å². The van der Waals surface area contributed by atoms with Gasteiger partial charge in [0, 0.05) is 19.3 Å². The van der Waals surface area contributed by atoms with Gasteiger partial charge in [-0.05, 0) is 42.9 Å². The molecule has 2 N–H and O–H groups in total. The second-order valence-electron chi connectivity index (χ2n) is 5.21. The summed E-state index contributed by atoms with van der Waals surface area (Å²) >= 11 is 0. The van der Waals surface area contributed by atoms with Crippen molar-refractivity contribution in [1.82, 2.24) is 4.98 Å². The SMILES string of the molecule is CC1CCN(c2ncccc2CCN)CC1C. The molecule has 2 heterocycles. The van der Waals surface area contributed by atoms with E-state index in [1.807, 2.05) is 12.3 Å². The summed E-state index contributed by atoms with van der Waals surface area (Å²) in [5, 5.41) is 0. The van der Waals surface area contributed by atoms with Crippen molar-refractivity contribution in [1.29, 1.82) is 0 Å². The van der Waals surface area contributed by atoms with Gasteiger partial charge in [0.05, 0.1) is 0 Å². The lowest BCUT2D eigenvalue weighted by Crippen LogP contribution is -2.39. The van der Waals surface area contributed by atoms with E-state index in [2.05, 4.69) is 29.8 Å². The van der Waals surface area contributed by atoms with Gasteiger partial charge in [-0.25, -0.2) is 4.98 Å². The smallest absolute Gasteiger partial charge is 0.131 e. The summed E-state index contributed by atoms with van der Waals surface area (Å²) in [6, 6.07) is 4.16. The highest BCUT2D eigenvalue weighted by Gasteiger charge is 2.24. The molecule has 0 aliphatic carbocycles. The van der Waals surface area contributed by atoms with Crippen molar-refractivity contribution in [2.75, 3.05) is 24.5 Å². The lowest BCUT2D eigenvalue weighted by molar-refractivity contribution is 0.322. The maximum atomic E-state index is 5.66. The molecule has 1 saturated heterocycles. The summed E-state index contributed by atoms with van der Waals surface area (Å²) < 4.78 is 0. The molecule has 0 aromatic carbocycles. The molecule has 1 aliphatic rings. The van der Waals surface area contributed by atoms with Gasteiger partial charge < -0.3 is 10.6 Å². The van der Waals surface area contributed by atoms with Crippen LogP contribution in [0.3, 0.4) is 0 Å². The quantitative estimate of drug-likeness (QED) is 0.869. The molecule has 0 bridgehead atoms. The van der Waals surface area contributed by atoms with E-state index < -0.39 is 0 Å². The van der Waals surface area contributed by atoms with Crippen LogP contribution in [-0.2, 0) is 6.42 Å². The van der Waals surface area contributed by atoms with Crippen molar-refractivity contribution >= 4 is 5.82 Å². The van der Waals surface area contributed by atoms with E-state index in [-0.39, 0.29) is 0 Å². The molecule has 94 valence electrons. The third-order valence-corrected chi connectivity index (χ3v) is 3.91. The molecule has 2 rings (SSSR count). The van der Waals surface area contributed by atoms with Gasteiger partial charge in [0.1, 0.15) is 5.82 Å².